The summed E-state index contributed by atoms with van der Waals surface area (Å²) in [4.78, 5) is 10.2. The van der Waals surface area contributed by atoms with Gasteiger partial charge in [-0.15, -0.1) is 0 Å². The van der Waals surface area contributed by atoms with E-state index >= 15 is 0 Å². The van der Waals surface area contributed by atoms with Gasteiger partial charge in [0.05, 0.1) is 0 Å². The standard InChI is InChI=1S/C13H23NOSi/c1-3-16(15,4-2)12-8-11-14-13-9-6-5-7-10-13/h5-7,9-10,14-15H,3-4,8,11-12H2,1-2H3. The van der Waals surface area contributed by atoms with Gasteiger partial charge < -0.3 is 10.1 Å². The van der Waals surface area contributed by atoms with Gasteiger partial charge in [-0.05, 0) is 36.7 Å². The van der Waals surface area contributed by atoms with Crippen LogP contribution in [0, 0.1) is 0 Å². The average Bonchev–Trinajstić information content (AvgIpc) is 2.36. The summed E-state index contributed by atoms with van der Waals surface area (Å²) < 4.78 is 0. The van der Waals surface area contributed by atoms with Crippen LogP contribution in [0.15, 0.2) is 30.3 Å². The van der Waals surface area contributed by atoms with Gasteiger partial charge in [-0.2, -0.15) is 0 Å². The van der Waals surface area contributed by atoms with Crippen LogP contribution in [0.2, 0.25) is 18.1 Å². The van der Waals surface area contributed by atoms with Crippen molar-refractivity contribution in [1.82, 2.24) is 0 Å². The molecule has 1 aromatic carbocycles. The van der Waals surface area contributed by atoms with E-state index in [-0.39, 0.29) is 0 Å². The molecule has 0 aliphatic rings. The first-order valence-corrected chi connectivity index (χ1v) is 8.78. The van der Waals surface area contributed by atoms with E-state index in [1.165, 1.54) is 5.69 Å². The van der Waals surface area contributed by atoms with Gasteiger partial charge >= 0.3 is 0 Å². The summed E-state index contributed by atoms with van der Waals surface area (Å²) in [5.74, 6) is 0. The normalized spacial score (nSPS) is 11.4. The lowest BCUT2D eigenvalue weighted by atomic mass is 10.3. The number of benzene rings is 1. The van der Waals surface area contributed by atoms with Crippen LogP contribution in [0.3, 0.4) is 0 Å². The van der Waals surface area contributed by atoms with Crippen LogP contribution >= 0.6 is 0 Å². The van der Waals surface area contributed by atoms with Crippen LogP contribution in [-0.4, -0.2) is 19.7 Å². The smallest absolute Gasteiger partial charge is 0.188 e. The molecule has 2 N–H and O–H groups in total. The van der Waals surface area contributed by atoms with Gasteiger partial charge in [0.15, 0.2) is 8.32 Å². The van der Waals surface area contributed by atoms with Gasteiger partial charge in [-0.3, -0.25) is 0 Å². The van der Waals surface area contributed by atoms with E-state index in [1.54, 1.807) is 0 Å². The Balaban J connectivity index is 2.22. The van der Waals surface area contributed by atoms with Crippen molar-refractivity contribution in [2.45, 2.75) is 38.4 Å². The maximum atomic E-state index is 10.2. The number of anilines is 1. The number of para-hydroxylation sites is 1. The Hall–Kier alpha value is -0.803. The molecule has 0 saturated heterocycles. The maximum absolute atomic E-state index is 10.2. The summed E-state index contributed by atoms with van der Waals surface area (Å²) in [7, 11) is -1.88. The highest BCUT2D eigenvalue weighted by Gasteiger charge is 2.25. The molecule has 1 rings (SSSR count). The zero-order chi connectivity index (χ0) is 11.9. The lowest BCUT2D eigenvalue weighted by molar-refractivity contribution is 0.525. The number of rotatable bonds is 7. The summed E-state index contributed by atoms with van der Waals surface area (Å²) in [6.45, 7) is 5.18. The number of hydrogen-bond acceptors (Lipinski definition) is 2. The van der Waals surface area contributed by atoms with Crippen LogP contribution in [0.5, 0.6) is 0 Å². The molecule has 0 bridgehead atoms. The quantitative estimate of drug-likeness (QED) is 0.562. The molecule has 1 aromatic rings. The summed E-state index contributed by atoms with van der Waals surface area (Å²) >= 11 is 0. The van der Waals surface area contributed by atoms with Gasteiger partial charge in [0, 0.05) is 12.2 Å². The van der Waals surface area contributed by atoms with E-state index in [9.17, 15) is 4.80 Å². The van der Waals surface area contributed by atoms with Crippen LogP contribution < -0.4 is 5.32 Å². The molecule has 0 heterocycles. The SMILES string of the molecule is CC[Si](O)(CC)CCCNc1ccccc1. The molecule has 3 heteroatoms. The number of hydrogen-bond donors (Lipinski definition) is 2. The highest BCUT2D eigenvalue weighted by atomic mass is 28.4. The third kappa shape index (κ3) is 4.37. The topological polar surface area (TPSA) is 32.3 Å². The molecule has 0 radical (unpaired) electrons. The van der Waals surface area contributed by atoms with Crippen LogP contribution in [0.25, 0.3) is 0 Å². The zero-order valence-electron chi connectivity index (χ0n) is 10.4. The minimum atomic E-state index is -1.88. The van der Waals surface area contributed by atoms with Crippen LogP contribution in [0.4, 0.5) is 5.69 Å². The van der Waals surface area contributed by atoms with Crippen molar-refractivity contribution in [2.75, 3.05) is 11.9 Å². The molecule has 0 fully saturated rings. The van der Waals surface area contributed by atoms with E-state index in [2.05, 4.69) is 31.3 Å². The zero-order valence-corrected chi connectivity index (χ0v) is 11.4. The first-order chi connectivity index (χ1) is 7.70. The first-order valence-electron chi connectivity index (χ1n) is 6.21. The summed E-state index contributed by atoms with van der Waals surface area (Å²) in [6.07, 6.45) is 1.07. The second kappa shape index (κ2) is 6.71. The van der Waals surface area contributed by atoms with Crippen molar-refractivity contribution in [3.63, 3.8) is 0 Å². The molecule has 0 aromatic heterocycles. The predicted octanol–water partition coefficient (Wildman–Crippen LogP) is 3.47. The van der Waals surface area contributed by atoms with Crippen molar-refractivity contribution in [2.24, 2.45) is 0 Å². The molecule has 0 unspecified atom stereocenters. The fourth-order valence-electron chi connectivity index (χ4n) is 1.81. The molecule has 0 saturated carbocycles. The van der Waals surface area contributed by atoms with Crippen LogP contribution in [-0.2, 0) is 0 Å². The Morgan fingerprint density at radius 3 is 2.31 bits per heavy atom. The largest absolute Gasteiger partial charge is 0.432 e. The van der Waals surface area contributed by atoms with Gasteiger partial charge in [-0.1, -0.05) is 32.0 Å². The molecule has 0 spiro atoms. The highest BCUT2D eigenvalue weighted by Crippen LogP contribution is 2.18. The molecule has 0 aliphatic carbocycles. The van der Waals surface area contributed by atoms with Crippen molar-refractivity contribution in [3.8, 4) is 0 Å². The molecule has 0 aliphatic heterocycles. The van der Waals surface area contributed by atoms with E-state index in [1.807, 2.05) is 18.2 Å². The van der Waals surface area contributed by atoms with E-state index < -0.39 is 8.32 Å². The third-order valence-corrected chi connectivity index (χ3v) is 7.15. The fraction of sp³-hybridized carbons (Fsp3) is 0.538. The Labute approximate surface area is 99.8 Å². The van der Waals surface area contributed by atoms with E-state index in [0.29, 0.717) is 0 Å². The van der Waals surface area contributed by atoms with Crippen molar-refractivity contribution in [3.05, 3.63) is 30.3 Å². The van der Waals surface area contributed by atoms with Gasteiger partial charge in [0.1, 0.15) is 0 Å². The van der Waals surface area contributed by atoms with E-state index in [4.69, 9.17) is 0 Å². The molecule has 90 valence electrons. The Morgan fingerprint density at radius 2 is 1.75 bits per heavy atom. The van der Waals surface area contributed by atoms with E-state index in [0.717, 1.165) is 31.1 Å². The van der Waals surface area contributed by atoms with Crippen LogP contribution in [0.1, 0.15) is 20.3 Å². The summed E-state index contributed by atoms with van der Waals surface area (Å²) in [6, 6.07) is 13.2. The highest BCUT2D eigenvalue weighted by molar-refractivity contribution is 6.72. The Bertz CT molecular complexity index is 285. The molecule has 16 heavy (non-hydrogen) atoms. The molecule has 2 nitrogen and oxygen atoms in total. The van der Waals surface area contributed by atoms with Crippen molar-refractivity contribution < 1.29 is 4.80 Å². The summed E-state index contributed by atoms with van der Waals surface area (Å²) in [5, 5.41) is 3.38. The first kappa shape index (κ1) is 13.3. The monoisotopic (exact) mass is 237 g/mol. The van der Waals surface area contributed by atoms with Gasteiger partial charge in [-0.25, -0.2) is 0 Å². The second-order valence-electron chi connectivity index (χ2n) is 4.33. The lowest BCUT2D eigenvalue weighted by Gasteiger charge is -2.21. The van der Waals surface area contributed by atoms with Gasteiger partial charge in [0.25, 0.3) is 0 Å². The van der Waals surface area contributed by atoms with Gasteiger partial charge in [0.2, 0.25) is 0 Å². The van der Waals surface area contributed by atoms with Crippen molar-refractivity contribution >= 4 is 14.0 Å². The average molecular weight is 237 g/mol. The molecular weight excluding hydrogens is 214 g/mol. The summed E-state index contributed by atoms with van der Waals surface area (Å²) in [5.41, 5.74) is 1.17. The Kier molecular flexibility index (Phi) is 5.56. The minimum Gasteiger partial charge on any atom is -0.432 e. The molecule has 0 atom stereocenters. The second-order valence-corrected chi connectivity index (χ2v) is 8.69. The van der Waals surface area contributed by atoms with Crippen molar-refractivity contribution in [1.29, 1.82) is 0 Å². The lowest BCUT2D eigenvalue weighted by Crippen LogP contribution is -2.32. The predicted molar refractivity (Wildman–Crippen MR) is 73.3 cm³/mol. The maximum Gasteiger partial charge on any atom is 0.188 e. The fourth-order valence-corrected chi connectivity index (χ4v) is 3.85. The third-order valence-electron chi connectivity index (χ3n) is 3.24. The molecule has 0 amide bonds. The number of nitrogens with one attached hydrogen (secondary N) is 1. The Morgan fingerprint density at radius 1 is 1.12 bits per heavy atom. The molecular formula is C13H23NOSi. The minimum absolute atomic E-state index is 0.958.